The van der Waals surface area contributed by atoms with E-state index in [9.17, 15) is 45.6 Å². The van der Waals surface area contributed by atoms with E-state index in [4.69, 9.17) is 18.9 Å². The Morgan fingerprint density at radius 2 is 1.48 bits per heavy atom. The second-order valence-corrected chi connectivity index (χ2v) is 20.1. The van der Waals surface area contributed by atoms with Crippen molar-refractivity contribution in [1.82, 2.24) is 0 Å². The summed E-state index contributed by atoms with van der Waals surface area (Å²) >= 11 is 0. The molecule has 5 aliphatic carbocycles. The van der Waals surface area contributed by atoms with E-state index in [1.807, 2.05) is 0 Å². The van der Waals surface area contributed by atoms with Crippen molar-refractivity contribution in [3.63, 3.8) is 0 Å². The number of esters is 1. The van der Waals surface area contributed by atoms with Gasteiger partial charge in [0, 0.05) is 5.41 Å². The van der Waals surface area contributed by atoms with Crippen LogP contribution >= 0.6 is 0 Å². The fourth-order valence-electron chi connectivity index (χ4n) is 13.3. The molecule has 7 aliphatic rings. The van der Waals surface area contributed by atoms with E-state index < -0.39 is 84.8 Å². The van der Waals surface area contributed by atoms with Gasteiger partial charge in [0.15, 0.2) is 6.29 Å². The van der Waals surface area contributed by atoms with Crippen LogP contribution in [0.1, 0.15) is 106 Å². The Labute approximate surface area is 319 Å². The highest BCUT2D eigenvalue weighted by Crippen LogP contribution is 2.76. The average Bonchev–Trinajstić information content (AvgIpc) is 3.13. The van der Waals surface area contributed by atoms with E-state index in [1.165, 1.54) is 5.57 Å². The second kappa shape index (κ2) is 14.0. The fraction of sp³-hybridized carbons (Fsp3) is 0.927. The van der Waals surface area contributed by atoms with Crippen molar-refractivity contribution >= 4 is 5.97 Å². The predicted octanol–water partition coefficient (Wildman–Crippen LogP) is 1.93. The van der Waals surface area contributed by atoms with Crippen LogP contribution in [0.2, 0.25) is 0 Å². The number of ether oxygens (including phenoxy) is 4. The number of hydrogen-bond donors (Lipinski definition) is 8. The van der Waals surface area contributed by atoms with Crippen LogP contribution in [0.25, 0.3) is 0 Å². The van der Waals surface area contributed by atoms with Crippen molar-refractivity contribution in [2.45, 2.75) is 167 Å². The van der Waals surface area contributed by atoms with Crippen LogP contribution in [0.4, 0.5) is 0 Å². The average molecular weight is 767 g/mol. The van der Waals surface area contributed by atoms with Crippen molar-refractivity contribution in [3.8, 4) is 0 Å². The number of aliphatic hydroxyl groups is 8. The number of carbonyl (C=O) groups is 1. The molecule has 6 fully saturated rings. The van der Waals surface area contributed by atoms with Gasteiger partial charge >= 0.3 is 5.97 Å². The third-order valence-corrected chi connectivity index (χ3v) is 17.0. The minimum atomic E-state index is -1.66. The van der Waals surface area contributed by atoms with Crippen LogP contribution in [0.3, 0.4) is 0 Å². The topological polar surface area (TPSA) is 216 Å². The summed E-state index contributed by atoms with van der Waals surface area (Å²) < 4.78 is 23.7. The molecule has 0 radical (unpaired) electrons. The molecule has 18 atom stereocenters. The summed E-state index contributed by atoms with van der Waals surface area (Å²) in [6.07, 6.45) is -2.97. The van der Waals surface area contributed by atoms with Crippen LogP contribution in [-0.2, 0) is 23.7 Å². The first-order chi connectivity index (χ1) is 25.2. The van der Waals surface area contributed by atoms with Crippen molar-refractivity contribution in [2.24, 2.45) is 50.2 Å². The van der Waals surface area contributed by atoms with Gasteiger partial charge in [0.25, 0.3) is 0 Å². The Kier molecular flexibility index (Phi) is 10.6. The molecule has 4 saturated carbocycles. The molecule has 0 aromatic heterocycles. The molecule has 308 valence electrons. The zero-order valence-corrected chi connectivity index (χ0v) is 32.9. The smallest absolute Gasteiger partial charge is 0.315 e. The molecule has 2 aliphatic heterocycles. The summed E-state index contributed by atoms with van der Waals surface area (Å²) in [5.74, 6) is -0.193. The number of hydrogen-bond acceptors (Lipinski definition) is 13. The molecule has 2 unspecified atom stereocenters. The Morgan fingerprint density at radius 3 is 2.17 bits per heavy atom. The van der Waals surface area contributed by atoms with E-state index in [-0.39, 0.29) is 52.6 Å². The molecule has 2 saturated heterocycles. The van der Waals surface area contributed by atoms with Gasteiger partial charge in [-0.2, -0.15) is 0 Å². The molecule has 0 bridgehead atoms. The van der Waals surface area contributed by atoms with Gasteiger partial charge in [-0.15, -0.1) is 0 Å². The van der Waals surface area contributed by atoms with Crippen LogP contribution < -0.4 is 0 Å². The number of allylic oxidation sites excluding steroid dienone is 2. The maximum absolute atomic E-state index is 14.5. The normalized spacial score (nSPS) is 54.3. The molecule has 13 heteroatoms. The summed E-state index contributed by atoms with van der Waals surface area (Å²) in [6.45, 7) is 12.9. The Balaban J connectivity index is 1.17. The third-order valence-electron chi connectivity index (χ3n) is 17.0. The first-order valence-electron chi connectivity index (χ1n) is 20.4. The Bertz CT molecular complexity index is 1450. The van der Waals surface area contributed by atoms with Crippen LogP contribution in [0, 0.1) is 50.2 Å². The summed E-state index contributed by atoms with van der Waals surface area (Å²) in [7, 11) is 0. The van der Waals surface area contributed by atoms with Gasteiger partial charge in [0.2, 0.25) is 6.29 Å². The molecule has 0 amide bonds. The lowest BCUT2D eigenvalue weighted by atomic mass is 9.33. The zero-order chi connectivity index (χ0) is 39.4. The minimum Gasteiger partial charge on any atom is -0.432 e. The maximum Gasteiger partial charge on any atom is 0.315 e. The molecule has 54 heavy (non-hydrogen) atoms. The van der Waals surface area contributed by atoms with Gasteiger partial charge in [0.1, 0.15) is 42.7 Å². The number of carbonyl (C=O) groups excluding carboxylic acids is 1. The van der Waals surface area contributed by atoms with Crippen molar-refractivity contribution in [3.05, 3.63) is 11.6 Å². The van der Waals surface area contributed by atoms with Gasteiger partial charge in [-0.3, -0.25) is 4.79 Å². The van der Waals surface area contributed by atoms with Gasteiger partial charge in [-0.25, -0.2) is 0 Å². The largest absolute Gasteiger partial charge is 0.432 e. The Hall–Kier alpha value is -1.23. The number of fused-ring (bicyclic) bond motifs is 7. The maximum atomic E-state index is 14.5. The standard InChI is InChI=1S/C41H66O13/c1-36(2)13-15-41(35(50)54-34-32(49)30(47)29(46)24(18-42)52-34)16-14-39(5)21(22(41)17-36)7-8-26-37(3)11-10-27(53-33-31(48)28(45)23(44)19-51-33)38(4,20-43)25(37)9-12-40(26,39)6/h7,22-34,42-49H,8-20H2,1-6H3/t22-,23-,24+,25?,26?,27-,28-,29+,30-,31+,32+,33-,34-,37-,38-,39+,40+,41-/m0/s1. The molecule has 0 spiro atoms. The molecule has 7 rings (SSSR count). The molecular formula is C41H66O13. The monoisotopic (exact) mass is 766 g/mol. The lowest BCUT2D eigenvalue weighted by Gasteiger charge is -2.71. The Morgan fingerprint density at radius 1 is 0.796 bits per heavy atom. The van der Waals surface area contributed by atoms with Gasteiger partial charge < -0.3 is 59.8 Å². The second-order valence-electron chi connectivity index (χ2n) is 20.1. The van der Waals surface area contributed by atoms with Gasteiger partial charge in [-0.1, -0.05) is 53.2 Å². The summed E-state index contributed by atoms with van der Waals surface area (Å²) in [5.41, 5.74) is -0.724. The molecule has 13 nitrogen and oxygen atoms in total. The van der Waals surface area contributed by atoms with Crippen LogP contribution in [-0.4, -0.2) is 128 Å². The lowest BCUT2D eigenvalue weighted by Crippen LogP contribution is -2.67. The summed E-state index contributed by atoms with van der Waals surface area (Å²) in [5, 5.41) is 83.4. The lowest BCUT2D eigenvalue weighted by molar-refractivity contribution is -0.312. The highest BCUT2D eigenvalue weighted by molar-refractivity contribution is 5.79. The van der Waals surface area contributed by atoms with Gasteiger partial charge in [-0.05, 0) is 104 Å². The molecule has 0 aromatic rings. The molecular weight excluding hydrogens is 700 g/mol. The highest BCUT2D eigenvalue weighted by Gasteiger charge is 2.70. The molecule has 8 N–H and O–H groups in total. The highest BCUT2D eigenvalue weighted by atomic mass is 16.7. The summed E-state index contributed by atoms with van der Waals surface area (Å²) in [4.78, 5) is 14.5. The quantitative estimate of drug-likeness (QED) is 0.110. The van der Waals surface area contributed by atoms with Crippen molar-refractivity contribution in [1.29, 1.82) is 0 Å². The molecule has 2 heterocycles. The first kappa shape index (κ1) is 40.9. The SMILES string of the molecule is CC1(C)CC[C@]2(C(=O)O[C@@H]3O[C@H](CO)[C@@H](O)[C@H](O)[C@H]3O)CC[C@]3(C)C(=CCC4[C@@]5(C)CC[C@H](O[C@@H]6OC[C@H](O)[C@H](O)[C@H]6O)[C@@](C)(CO)C5CC[C@]43C)[C@@H]2C1. The van der Waals surface area contributed by atoms with E-state index in [0.29, 0.717) is 19.3 Å². The van der Waals surface area contributed by atoms with E-state index in [1.54, 1.807) is 0 Å². The summed E-state index contributed by atoms with van der Waals surface area (Å²) in [6, 6.07) is 0. The van der Waals surface area contributed by atoms with Crippen LogP contribution in [0.5, 0.6) is 0 Å². The fourth-order valence-corrected chi connectivity index (χ4v) is 13.3. The zero-order valence-electron chi connectivity index (χ0n) is 32.9. The van der Waals surface area contributed by atoms with Crippen molar-refractivity contribution in [2.75, 3.05) is 19.8 Å². The van der Waals surface area contributed by atoms with Gasteiger partial charge in [0.05, 0.1) is 31.3 Å². The minimum absolute atomic E-state index is 0.0247. The first-order valence-corrected chi connectivity index (χ1v) is 20.4. The number of aliphatic hydroxyl groups excluding tert-OH is 8. The van der Waals surface area contributed by atoms with Crippen LogP contribution in [0.15, 0.2) is 11.6 Å². The van der Waals surface area contributed by atoms with E-state index >= 15 is 0 Å². The van der Waals surface area contributed by atoms with E-state index in [2.05, 4.69) is 47.6 Å². The number of rotatable bonds is 6. The molecule has 0 aromatic carbocycles. The van der Waals surface area contributed by atoms with E-state index in [0.717, 1.165) is 44.9 Å². The third kappa shape index (κ3) is 5.92. The predicted molar refractivity (Wildman–Crippen MR) is 193 cm³/mol. The van der Waals surface area contributed by atoms with Crippen molar-refractivity contribution < 1.29 is 64.6 Å².